The summed E-state index contributed by atoms with van der Waals surface area (Å²) >= 11 is 0. The van der Waals surface area contributed by atoms with E-state index in [2.05, 4.69) is 56.8 Å². The highest BCUT2D eigenvalue weighted by Gasteiger charge is 2.23. The molecule has 1 unspecified atom stereocenters. The molecule has 0 spiro atoms. The van der Waals surface area contributed by atoms with Gasteiger partial charge in [0, 0.05) is 31.2 Å². The first-order valence-corrected chi connectivity index (χ1v) is 7.45. The molecule has 0 bridgehead atoms. The van der Waals surface area contributed by atoms with Crippen LogP contribution in [0.5, 0.6) is 0 Å². The molecule has 0 aromatic carbocycles. The van der Waals surface area contributed by atoms with Crippen LogP contribution in [0.1, 0.15) is 41.0 Å². The van der Waals surface area contributed by atoms with Gasteiger partial charge in [-0.1, -0.05) is 0 Å². The number of nitrogens with one attached hydrogen (secondary N) is 1. The number of hydrogen-bond donors (Lipinski definition) is 1. The van der Waals surface area contributed by atoms with Crippen LogP contribution in [0, 0.1) is 5.92 Å². The minimum atomic E-state index is 0.255. The van der Waals surface area contributed by atoms with E-state index in [9.17, 15) is 0 Å². The zero-order valence-corrected chi connectivity index (χ0v) is 13.3. The van der Waals surface area contributed by atoms with Gasteiger partial charge in [-0.05, 0) is 67.1 Å². The Labute approximate surface area is 114 Å². The number of hydrogen-bond acceptors (Lipinski definition) is 3. The molecule has 0 aromatic rings. The second-order valence-corrected chi connectivity index (χ2v) is 7.16. The van der Waals surface area contributed by atoms with Crippen LogP contribution in [0.4, 0.5) is 0 Å². The van der Waals surface area contributed by atoms with Gasteiger partial charge in [0.1, 0.15) is 0 Å². The Balaban J connectivity index is 2.17. The Bertz CT molecular complexity index is 232. The molecule has 1 aliphatic rings. The highest BCUT2D eigenvalue weighted by molar-refractivity contribution is 4.80. The van der Waals surface area contributed by atoms with E-state index in [4.69, 9.17) is 0 Å². The fourth-order valence-corrected chi connectivity index (χ4v) is 2.29. The van der Waals surface area contributed by atoms with Crippen molar-refractivity contribution in [1.29, 1.82) is 0 Å². The zero-order chi connectivity index (χ0) is 13.8. The zero-order valence-electron chi connectivity index (χ0n) is 13.3. The van der Waals surface area contributed by atoms with E-state index in [1.807, 2.05) is 0 Å². The van der Waals surface area contributed by atoms with Gasteiger partial charge in [0.2, 0.25) is 0 Å². The van der Waals surface area contributed by atoms with Crippen molar-refractivity contribution in [2.24, 2.45) is 5.92 Å². The van der Waals surface area contributed by atoms with Crippen molar-refractivity contribution >= 4 is 0 Å². The van der Waals surface area contributed by atoms with Crippen molar-refractivity contribution in [3.63, 3.8) is 0 Å². The number of likely N-dealkylation sites (tertiary alicyclic amines) is 1. The van der Waals surface area contributed by atoms with Gasteiger partial charge in [0.25, 0.3) is 0 Å². The van der Waals surface area contributed by atoms with Crippen molar-refractivity contribution in [2.45, 2.75) is 52.6 Å². The van der Waals surface area contributed by atoms with Gasteiger partial charge in [-0.2, -0.15) is 0 Å². The summed E-state index contributed by atoms with van der Waals surface area (Å²) in [5.74, 6) is 0.841. The Morgan fingerprint density at radius 1 is 1.33 bits per heavy atom. The van der Waals surface area contributed by atoms with Crippen molar-refractivity contribution < 1.29 is 0 Å². The fourth-order valence-electron chi connectivity index (χ4n) is 2.29. The second kappa shape index (κ2) is 6.88. The van der Waals surface area contributed by atoms with Gasteiger partial charge in [-0.3, -0.25) is 0 Å². The molecule has 1 atom stereocenters. The largest absolute Gasteiger partial charge is 0.312 e. The van der Waals surface area contributed by atoms with Crippen LogP contribution in [0.2, 0.25) is 0 Å². The van der Waals surface area contributed by atoms with Gasteiger partial charge < -0.3 is 15.1 Å². The summed E-state index contributed by atoms with van der Waals surface area (Å²) in [6, 6.07) is 0.658. The lowest BCUT2D eigenvalue weighted by Crippen LogP contribution is -2.40. The second-order valence-electron chi connectivity index (χ2n) is 7.16. The first-order chi connectivity index (χ1) is 8.28. The van der Waals surface area contributed by atoms with Crippen LogP contribution in [-0.2, 0) is 0 Å². The Hall–Kier alpha value is -0.120. The summed E-state index contributed by atoms with van der Waals surface area (Å²) in [6.07, 6.45) is 1.36. The van der Waals surface area contributed by atoms with Gasteiger partial charge >= 0.3 is 0 Å². The molecule has 18 heavy (non-hydrogen) atoms. The average molecular weight is 255 g/mol. The summed E-state index contributed by atoms with van der Waals surface area (Å²) in [4.78, 5) is 5.05. The maximum Gasteiger partial charge on any atom is 0.0109 e. The first kappa shape index (κ1) is 15.9. The smallest absolute Gasteiger partial charge is 0.0109 e. The predicted molar refractivity (Wildman–Crippen MR) is 80.1 cm³/mol. The lowest BCUT2D eigenvalue weighted by atomic mass is 10.1. The van der Waals surface area contributed by atoms with E-state index in [0.29, 0.717) is 6.04 Å². The summed E-state index contributed by atoms with van der Waals surface area (Å²) in [5.41, 5.74) is 0.255. The van der Waals surface area contributed by atoms with Gasteiger partial charge in [-0.25, -0.2) is 0 Å². The Kier molecular flexibility index (Phi) is 6.09. The molecule has 1 saturated heterocycles. The maximum atomic E-state index is 3.63. The molecule has 1 heterocycles. The quantitative estimate of drug-likeness (QED) is 0.783. The first-order valence-electron chi connectivity index (χ1n) is 7.45. The molecule has 0 aromatic heterocycles. The van der Waals surface area contributed by atoms with Crippen LogP contribution in [0.3, 0.4) is 0 Å². The van der Waals surface area contributed by atoms with Crippen LogP contribution in [0.15, 0.2) is 0 Å². The van der Waals surface area contributed by atoms with E-state index in [1.54, 1.807) is 0 Å². The molecule has 1 N–H and O–H groups in total. The number of rotatable bonds is 6. The summed E-state index contributed by atoms with van der Waals surface area (Å²) in [7, 11) is 2.22. The third-order valence-electron chi connectivity index (χ3n) is 3.94. The highest BCUT2D eigenvalue weighted by Crippen LogP contribution is 2.16. The molecule has 3 nitrogen and oxygen atoms in total. The molecule has 0 amide bonds. The van der Waals surface area contributed by atoms with Crippen LogP contribution >= 0.6 is 0 Å². The molecular formula is C15H33N3. The summed E-state index contributed by atoms with van der Waals surface area (Å²) in [5, 5.41) is 3.63. The van der Waals surface area contributed by atoms with E-state index in [0.717, 1.165) is 5.92 Å². The molecule has 1 rings (SSSR count). The molecular weight excluding hydrogens is 222 g/mol. The summed E-state index contributed by atoms with van der Waals surface area (Å²) < 4.78 is 0. The molecule has 0 aliphatic carbocycles. The fraction of sp³-hybridized carbons (Fsp3) is 1.00. The average Bonchev–Trinajstić information content (AvgIpc) is 2.70. The summed E-state index contributed by atoms with van der Waals surface area (Å²) in [6.45, 7) is 17.4. The number of likely N-dealkylation sites (N-methyl/N-ethyl adjacent to an activating group) is 1. The third-order valence-corrected chi connectivity index (χ3v) is 3.94. The topological polar surface area (TPSA) is 18.5 Å². The molecule has 1 aliphatic heterocycles. The standard InChI is InChI=1S/C15H33N3/c1-13(2)17(6)9-10-18-8-7-14(12-18)11-16-15(3,4)5/h13-14,16H,7-12H2,1-6H3. The molecule has 0 saturated carbocycles. The SMILES string of the molecule is CC(C)N(C)CCN1CCC(CNC(C)(C)C)C1. The minimum Gasteiger partial charge on any atom is -0.312 e. The predicted octanol–water partition coefficient (Wildman–Crippen LogP) is 2.04. The van der Waals surface area contributed by atoms with Crippen LogP contribution in [-0.4, -0.2) is 61.2 Å². The highest BCUT2D eigenvalue weighted by atomic mass is 15.2. The van der Waals surface area contributed by atoms with E-state index >= 15 is 0 Å². The number of nitrogens with zero attached hydrogens (tertiary/aromatic N) is 2. The lowest BCUT2D eigenvalue weighted by molar-refractivity contribution is 0.220. The van der Waals surface area contributed by atoms with Crippen molar-refractivity contribution in [3.05, 3.63) is 0 Å². The maximum absolute atomic E-state index is 3.63. The normalized spacial score (nSPS) is 22.3. The monoisotopic (exact) mass is 255 g/mol. The van der Waals surface area contributed by atoms with Crippen molar-refractivity contribution in [3.8, 4) is 0 Å². The van der Waals surface area contributed by atoms with Crippen molar-refractivity contribution in [1.82, 2.24) is 15.1 Å². The third kappa shape index (κ3) is 6.17. The van der Waals surface area contributed by atoms with Crippen LogP contribution < -0.4 is 5.32 Å². The lowest BCUT2D eigenvalue weighted by Gasteiger charge is -2.25. The Morgan fingerprint density at radius 3 is 2.56 bits per heavy atom. The van der Waals surface area contributed by atoms with E-state index in [-0.39, 0.29) is 5.54 Å². The van der Waals surface area contributed by atoms with E-state index in [1.165, 1.54) is 39.1 Å². The van der Waals surface area contributed by atoms with E-state index < -0.39 is 0 Å². The Morgan fingerprint density at radius 2 is 2.00 bits per heavy atom. The van der Waals surface area contributed by atoms with Gasteiger partial charge in [0.15, 0.2) is 0 Å². The molecule has 108 valence electrons. The molecule has 3 heteroatoms. The van der Waals surface area contributed by atoms with Gasteiger partial charge in [-0.15, -0.1) is 0 Å². The van der Waals surface area contributed by atoms with Crippen LogP contribution in [0.25, 0.3) is 0 Å². The van der Waals surface area contributed by atoms with Gasteiger partial charge in [0.05, 0.1) is 0 Å². The molecule has 1 fully saturated rings. The molecule has 0 radical (unpaired) electrons. The van der Waals surface area contributed by atoms with Crippen molar-refractivity contribution in [2.75, 3.05) is 39.8 Å². The minimum absolute atomic E-state index is 0.255.